The van der Waals surface area contributed by atoms with Crippen LogP contribution in [0.15, 0.2) is 42.5 Å². The molecule has 2 aromatic rings. The van der Waals surface area contributed by atoms with Crippen LogP contribution in [-0.4, -0.2) is 42.1 Å². The van der Waals surface area contributed by atoms with E-state index in [9.17, 15) is 4.79 Å². The van der Waals surface area contributed by atoms with E-state index >= 15 is 0 Å². The number of benzene rings is 2. The third-order valence-corrected chi connectivity index (χ3v) is 4.24. The molecular formula is C20H25ClN2O2. The van der Waals surface area contributed by atoms with Gasteiger partial charge in [-0.25, -0.2) is 0 Å². The highest BCUT2D eigenvalue weighted by Crippen LogP contribution is 2.26. The molecule has 1 heterocycles. The number of amides is 1. The minimum atomic E-state index is 0.0160. The summed E-state index contributed by atoms with van der Waals surface area (Å²) < 4.78 is 0. The SMILES string of the molecule is CC.O=C(c1cc(Cl)cc(-c2ccc(CO)cc2)c1)N1CCNCC1. The fourth-order valence-electron chi connectivity index (χ4n) is 2.73. The summed E-state index contributed by atoms with van der Waals surface area (Å²) in [7, 11) is 0. The molecule has 1 aliphatic rings. The average molecular weight is 361 g/mol. The molecule has 1 saturated heterocycles. The highest BCUT2D eigenvalue weighted by atomic mass is 35.5. The monoisotopic (exact) mass is 360 g/mol. The van der Waals surface area contributed by atoms with Crippen LogP contribution in [0.1, 0.15) is 29.8 Å². The Hall–Kier alpha value is -1.88. The van der Waals surface area contributed by atoms with Crippen LogP contribution in [0.25, 0.3) is 11.1 Å². The third-order valence-electron chi connectivity index (χ3n) is 4.02. The van der Waals surface area contributed by atoms with Crippen LogP contribution < -0.4 is 5.32 Å². The van der Waals surface area contributed by atoms with Gasteiger partial charge >= 0.3 is 0 Å². The predicted octanol–water partition coefficient (Wildman–Crippen LogP) is 3.57. The molecule has 5 heteroatoms. The Labute approximate surface area is 154 Å². The molecule has 0 atom stereocenters. The lowest BCUT2D eigenvalue weighted by Crippen LogP contribution is -2.46. The maximum Gasteiger partial charge on any atom is 0.254 e. The lowest BCUT2D eigenvalue weighted by molar-refractivity contribution is 0.0736. The van der Waals surface area contributed by atoms with Gasteiger partial charge in [-0.3, -0.25) is 4.79 Å². The van der Waals surface area contributed by atoms with Crippen molar-refractivity contribution in [1.82, 2.24) is 10.2 Å². The highest BCUT2D eigenvalue weighted by Gasteiger charge is 2.19. The molecular weight excluding hydrogens is 336 g/mol. The number of nitrogens with one attached hydrogen (secondary N) is 1. The summed E-state index contributed by atoms with van der Waals surface area (Å²) in [5, 5.41) is 12.9. The quantitative estimate of drug-likeness (QED) is 0.879. The highest BCUT2D eigenvalue weighted by molar-refractivity contribution is 6.31. The van der Waals surface area contributed by atoms with Crippen molar-refractivity contribution in [3.8, 4) is 11.1 Å². The van der Waals surface area contributed by atoms with Crippen LogP contribution in [0.4, 0.5) is 0 Å². The second kappa shape index (κ2) is 9.56. The van der Waals surface area contributed by atoms with Crippen molar-refractivity contribution >= 4 is 17.5 Å². The lowest BCUT2D eigenvalue weighted by Gasteiger charge is -2.27. The molecule has 0 spiro atoms. The largest absolute Gasteiger partial charge is 0.392 e. The Bertz CT molecular complexity index is 695. The van der Waals surface area contributed by atoms with Crippen molar-refractivity contribution in [2.75, 3.05) is 26.2 Å². The van der Waals surface area contributed by atoms with E-state index in [-0.39, 0.29) is 12.5 Å². The zero-order chi connectivity index (χ0) is 18.2. The van der Waals surface area contributed by atoms with Crippen molar-refractivity contribution in [1.29, 1.82) is 0 Å². The first-order valence-electron chi connectivity index (χ1n) is 8.68. The summed E-state index contributed by atoms with van der Waals surface area (Å²) in [4.78, 5) is 14.5. The Morgan fingerprint density at radius 3 is 2.32 bits per heavy atom. The maximum absolute atomic E-state index is 12.6. The minimum Gasteiger partial charge on any atom is -0.392 e. The van der Waals surface area contributed by atoms with Gasteiger partial charge in [-0.05, 0) is 34.9 Å². The van der Waals surface area contributed by atoms with Gasteiger partial charge < -0.3 is 15.3 Å². The fourth-order valence-corrected chi connectivity index (χ4v) is 2.97. The van der Waals surface area contributed by atoms with Gasteiger partial charge in [0.15, 0.2) is 0 Å². The van der Waals surface area contributed by atoms with E-state index in [1.807, 2.05) is 55.1 Å². The molecule has 25 heavy (non-hydrogen) atoms. The van der Waals surface area contributed by atoms with Crippen molar-refractivity contribution in [2.24, 2.45) is 0 Å². The number of aliphatic hydroxyl groups excluding tert-OH is 1. The molecule has 134 valence electrons. The summed E-state index contributed by atoms with van der Waals surface area (Å²) in [6.07, 6.45) is 0. The number of nitrogens with zero attached hydrogens (tertiary/aromatic N) is 1. The summed E-state index contributed by atoms with van der Waals surface area (Å²) in [5.41, 5.74) is 3.34. The number of hydrogen-bond donors (Lipinski definition) is 2. The Balaban J connectivity index is 0.00000109. The van der Waals surface area contributed by atoms with Crippen molar-refractivity contribution in [2.45, 2.75) is 20.5 Å². The van der Waals surface area contributed by atoms with Gasteiger partial charge in [-0.2, -0.15) is 0 Å². The molecule has 1 amide bonds. The van der Waals surface area contributed by atoms with Crippen molar-refractivity contribution in [3.63, 3.8) is 0 Å². The van der Waals surface area contributed by atoms with E-state index in [2.05, 4.69) is 5.32 Å². The molecule has 1 aliphatic heterocycles. The van der Waals surface area contributed by atoms with Gasteiger partial charge in [0.2, 0.25) is 0 Å². The summed E-state index contributed by atoms with van der Waals surface area (Å²) in [6.45, 7) is 7.09. The topological polar surface area (TPSA) is 52.6 Å². The summed E-state index contributed by atoms with van der Waals surface area (Å²) in [6, 6.07) is 13.0. The Kier molecular flexibility index (Phi) is 7.44. The zero-order valence-electron chi connectivity index (χ0n) is 14.8. The van der Waals surface area contributed by atoms with Crippen LogP contribution >= 0.6 is 11.6 Å². The Morgan fingerprint density at radius 1 is 1.08 bits per heavy atom. The Morgan fingerprint density at radius 2 is 1.72 bits per heavy atom. The number of aliphatic hydroxyl groups is 1. The van der Waals surface area contributed by atoms with E-state index in [1.54, 1.807) is 6.07 Å². The molecule has 1 fully saturated rings. The van der Waals surface area contributed by atoms with Crippen LogP contribution in [0, 0.1) is 0 Å². The van der Waals surface area contributed by atoms with Gasteiger partial charge in [0.25, 0.3) is 5.91 Å². The molecule has 4 nitrogen and oxygen atoms in total. The molecule has 2 N–H and O–H groups in total. The van der Waals surface area contributed by atoms with E-state index < -0.39 is 0 Å². The van der Waals surface area contributed by atoms with E-state index in [0.29, 0.717) is 23.7 Å². The first kappa shape index (κ1) is 19.4. The molecule has 0 radical (unpaired) electrons. The molecule has 3 rings (SSSR count). The molecule has 0 bridgehead atoms. The number of rotatable bonds is 3. The standard InChI is InChI=1S/C18H19ClN2O2.C2H6/c19-17-10-15(14-3-1-13(12-22)2-4-14)9-16(11-17)18(23)21-7-5-20-6-8-21;1-2/h1-4,9-11,20,22H,5-8,12H2;1-2H3. The number of hydrogen-bond acceptors (Lipinski definition) is 3. The van der Waals surface area contributed by atoms with E-state index in [4.69, 9.17) is 16.7 Å². The average Bonchev–Trinajstić information content (AvgIpc) is 2.69. The van der Waals surface area contributed by atoms with Gasteiger partial charge in [0.1, 0.15) is 0 Å². The first-order chi connectivity index (χ1) is 12.2. The maximum atomic E-state index is 12.6. The van der Waals surface area contributed by atoms with Crippen LogP contribution in [-0.2, 0) is 6.61 Å². The van der Waals surface area contributed by atoms with Gasteiger partial charge in [-0.1, -0.05) is 49.7 Å². The molecule has 0 aliphatic carbocycles. The van der Waals surface area contributed by atoms with Crippen LogP contribution in [0.2, 0.25) is 5.02 Å². The van der Waals surface area contributed by atoms with Gasteiger partial charge in [-0.15, -0.1) is 0 Å². The number of piperazine rings is 1. The number of halogens is 1. The molecule has 0 aromatic heterocycles. The van der Waals surface area contributed by atoms with Crippen LogP contribution in [0.3, 0.4) is 0 Å². The second-order valence-electron chi connectivity index (χ2n) is 5.63. The zero-order valence-corrected chi connectivity index (χ0v) is 15.5. The predicted molar refractivity (Wildman–Crippen MR) is 103 cm³/mol. The third kappa shape index (κ3) is 5.05. The minimum absolute atomic E-state index is 0.0160. The second-order valence-corrected chi connectivity index (χ2v) is 6.06. The van der Waals surface area contributed by atoms with Gasteiger partial charge in [0, 0.05) is 36.8 Å². The lowest BCUT2D eigenvalue weighted by atomic mass is 10.0. The number of carbonyl (C=O) groups excluding carboxylic acids is 1. The first-order valence-corrected chi connectivity index (χ1v) is 9.06. The van der Waals surface area contributed by atoms with Crippen molar-refractivity contribution in [3.05, 3.63) is 58.6 Å². The molecule has 2 aromatic carbocycles. The molecule has 0 saturated carbocycles. The molecule has 0 unspecified atom stereocenters. The normalized spacial score (nSPS) is 13.8. The van der Waals surface area contributed by atoms with Crippen LogP contribution in [0.5, 0.6) is 0 Å². The van der Waals surface area contributed by atoms with E-state index in [0.717, 1.165) is 29.8 Å². The van der Waals surface area contributed by atoms with Crippen molar-refractivity contribution < 1.29 is 9.90 Å². The number of carbonyl (C=O) groups is 1. The summed E-state index contributed by atoms with van der Waals surface area (Å²) in [5.74, 6) is 0.0160. The summed E-state index contributed by atoms with van der Waals surface area (Å²) >= 11 is 6.22. The van der Waals surface area contributed by atoms with E-state index in [1.165, 1.54) is 0 Å². The fraction of sp³-hybridized carbons (Fsp3) is 0.350. The van der Waals surface area contributed by atoms with Gasteiger partial charge in [0.05, 0.1) is 6.61 Å². The smallest absolute Gasteiger partial charge is 0.254 e.